The third kappa shape index (κ3) is 6.21. The van der Waals surface area contributed by atoms with Gasteiger partial charge in [0.05, 0.1) is 23.8 Å². The van der Waals surface area contributed by atoms with Gasteiger partial charge in [-0.1, -0.05) is 11.6 Å². The summed E-state index contributed by atoms with van der Waals surface area (Å²) in [6.07, 6.45) is 7.25. The fourth-order valence-corrected chi connectivity index (χ4v) is 4.57. The lowest BCUT2D eigenvalue weighted by Crippen LogP contribution is -2.33. The predicted molar refractivity (Wildman–Crippen MR) is 146 cm³/mol. The summed E-state index contributed by atoms with van der Waals surface area (Å²) in [5, 5.41) is 16.7. The van der Waals surface area contributed by atoms with Crippen molar-refractivity contribution in [2.45, 2.75) is 44.7 Å². The van der Waals surface area contributed by atoms with E-state index in [0.29, 0.717) is 28.0 Å². The van der Waals surface area contributed by atoms with Crippen molar-refractivity contribution in [3.8, 4) is 0 Å². The number of amides is 2. The Bertz CT molecular complexity index is 1540. The summed E-state index contributed by atoms with van der Waals surface area (Å²) in [5.74, 6) is -0.494. The zero-order valence-corrected chi connectivity index (χ0v) is 21.7. The molecule has 0 unspecified atom stereocenters. The Hall–Kier alpha value is -4.36. The van der Waals surface area contributed by atoms with E-state index < -0.39 is 11.7 Å². The Morgan fingerprint density at radius 3 is 2.56 bits per heavy atom. The van der Waals surface area contributed by atoms with Gasteiger partial charge in [0, 0.05) is 36.3 Å². The molecule has 14 heteroatoms. The van der Waals surface area contributed by atoms with Crippen LogP contribution in [0.4, 0.5) is 33.2 Å². The van der Waals surface area contributed by atoms with Crippen LogP contribution in [0.2, 0.25) is 5.02 Å². The van der Waals surface area contributed by atoms with E-state index in [1.165, 1.54) is 36.0 Å². The van der Waals surface area contributed by atoms with Crippen molar-refractivity contribution in [2.75, 3.05) is 21.3 Å². The van der Waals surface area contributed by atoms with Crippen molar-refractivity contribution >= 4 is 57.9 Å². The fraction of sp³-hybridized carbons (Fsp3) is 0.280. The van der Waals surface area contributed by atoms with Crippen molar-refractivity contribution < 1.29 is 14.0 Å². The average Bonchev–Trinajstić information content (AvgIpc) is 3.30. The molecule has 202 valence electrons. The summed E-state index contributed by atoms with van der Waals surface area (Å²) < 4.78 is 15.5. The van der Waals surface area contributed by atoms with Gasteiger partial charge in [-0.3, -0.25) is 14.6 Å². The number of hydrogen-bond acceptors (Lipinski definition) is 9. The molecule has 5 rings (SSSR count). The van der Waals surface area contributed by atoms with Crippen molar-refractivity contribution in [3.05, 3.63) is 59.4 Å². The third-order valence-corrected chi connectivity index (χ3v) is 6.42. The molecule has 0 bridgehead atoms. The highest BCUT2D eigenvalue weighted by atomic mass is 35.5. The minimum absolute atomic E-state index is 0.0234. The highest BCUT2D eigenvalue weighted by Gasteiger charge is 2.22. The fourth-order valence-electron chi connectivity index (χ4n) is 4.37. The van der Waals surface area contributed by atoms with E-state index in [2.05, 4.69) is 41.3 Å². The summed E-state index contributed by atoms with van der Waals surface area (Å²) in [7, 11) is 0. The molecular weight excluding hydrogens is 527 g/mol. The van der Waals surface area contributed by atoms with Crippen LogP contribution in [0.5, 0.6) is 0 Å². The second-order valence-corrected chi connectivity index (χ2v) is 9.69. The number of halogens is 2. The lowest BCUT2D eigenvalue weighted by molar-refractivity contribution is -0.114. The summed E-state index contributed by atoms with van der Waals surface area (Å²) in [6.45, 7) is 1.37. The second-order valence-electron chi connectivity index (χ2n) is 9.25. The maximum Gasteiger partial charge on any atom is 0.276 e. The molecule has 0 aromatic carbocycles. The summed E-state index contributed by atoms with van der Waals surface area (Å²) in [4.78, 5) is 37.1. The minimum atomic E-state index is -0.671. The van der Waals surface area contributed by atoms with Crippen LogP contribution in [0.15, 0.2) is 42.9 Å². The van der Waals surface area contributed by atoms with Crippen LogP contribution >= 0.6 is 11.6 Å². The Morgan fingerprint density at radius 1 is 1.05 bits per heavy atom. The molecule has 4 heterocycles. The van der Waals surface area contributed by atoms with E-state index in [9.17, 15) is 14.0 Å². The summed E-state index contributed by atoms with van der Waals surface area (Å²) in [6, 6.07) is 6.54. The molecule has 1 saturated carbocycles. The van der Waals surface area contributed by atoms with Gasteiger partial charge in [0.2, 0.25) is 5.91 Å². The number of nitrogens with one attached hydrogen (secondary N) is 4. The Balaban J connectivity index is 1.52. The highest BCUT2D eigenvalue weighted by molar-refractivity contribution is 6.31. The molecule has 0 aliphatic heterocycles. The zero-order valence-electron chi connectivity index (χ0n) is 20.9. The molecule has 4 aromatic rings. The molecule has 0 saturated heterocycles. The zero-order chi connectivity index (χ0) is 27.5. The number of carbonyl (C=O) groups is 2. The molecule has 1 aliphatic carbocycles. The number of nitrogens with two attached hydrogens (primary N) is 1. The van der Waals surface area contributed by atoms with E-state index in [1.807, 2.05) is 0 Å². The van der Waals surface area contributed by atoms with E-state index in [0.717, 1.165) is 31.9 Å². The first-order chi connectivity index (χ1) is 18.7. The van der Waals surface area contributed by atoms with Crippen LogP contribution in [-0.2, 0) is 4.79 Å². The molecule has 0 radical (unpaired) electrons. The van der Waals surface area contributed by atoms with Crippen LogP contribution in [0.3, 0.4) is 0 Å². The number of hydrogen-bond donors (Lipinski definition) is 5. The SMILES string of the molecule is CC(=O)Nc1cc(Cl)cc(Nc2cc(NC3CCC(N)CC3)nn3c(C(=O)Nc4ccncc4F)cnc23)n1. The Kier molecular flexibility index (Phi) is 7.52. The summed E-state index contributed by atoms with van der Waals surface area (Å²) in [5.41, 5.74) is 6.90. The van der Waals surface area contributed by atoms with E-state index >= 15 is 0 Å². The molecule has 4 aromatic heterocycles. The molecular formula is C25H26ClFN10O2. The molecule has 39 heavy (non-hydrogen) atoms. The molecule has 1 aliphatic rings. The minimum Gasteiger partial charge on any atom is -0.366 e. The number of imidazole rings is 1. The molecule has 0 spiro atoms. The number of pyridine rings is 2. The van der Waals surface area contributed by atoms with Gasteiger partial charge in [-0.25, -0.2) is 18.9 Å². The number of anilines is 5. The number of nitrogens with zero attached hydrogens (tertiary/aromatic N) is 5. The van der Waals surface area contributed by atoms with Crippen molar-refractivity contribution in [1.82, 2.24) is 24.6 Å². The van der Waals surface area contributed by atoms with Gasteiger partial charge >= 0.3 is 0 Å². The maximum atomic E-state index is 14.1. The lowest BCUT2D eigenvalue weighted by Gasteiger charge is -2.27. The average molecular weight is 553 g/mol. The van der Waals surface area contributed by atoms with Crippen LogP contribution in [0.25, 0.3) is 5.65 Å². The van der Waals surface area contributed by atoms with E-state index in [4.69, 9.17) is 17.3 Å². The monoisotopic (exact) mass is 552 g/mol. The number of rotatable bonds is 7. The van der Waals surface area contributed by atoms with Crippen molar-refractivity contribution in [1.29, 1.82) is 0 Å². The first kappa shape index (κ1) is 26.3. The van der Waals surface area contributed by atoms with Gasteiger partial charge in [-0.05, 0) is 43.9 Å². The van der Waals surface area contributed by atoms with Gasteiger partial charge in [-0.15, -0.1) is 5.10 Å². The van der Waals surface area contributed by atoms with Crippen LogP contribution in [0.1, 0.15) is 43.1 Å². The van der Waals surface area contributed by atoms with Gasteiger partial charge < -0.3 is 27.0 Å². The van der Waals surface area contributed by atoms with Crippen LogP contribution in [-0.4, -0.2) is 48.5 Å². The molecule has 1 fully saturated rings. The van der Waals surface area contributed by atoms with Gasteiger partial charge in [0.15, 0.2) is 17.2 Å². The van der Waals surface area contributed by atoms with Crippen molar-refractivity contribution in [3.63, 3.8) is 0 Å². The first-order valence-corrected chi connectivity index (χ1v) is 12.7. The van der Waals surface area contributed by atoms with E-state index in [1.54, 1.807) is 12.1 Å². The predicted octanol–water partition coefficient (Wildman–Crippen LogP) is 3.95. The van der Waals surface area contributed by atoms with Crippen molar-refractivity contribution in [2.24, 2.45) is 5.73 Å². The molecule has 2 amide bonds. The highest BCUT2D eigenvalue weighted by Crippen LogP contribution is 2.28. The topological polar surface area (TPSA) is 164 Å². The summed E-state index contributed by atoms with van der Waals surface area (Å²) >= 11 is 6.25. The largest absolute Gasteiger partial charge is 0.366 e. The normalized spacial score (nSPS) is 17.0. The maximum absolute atomic E-state index is 14.1. The number of aromatic nitrogens is 5. The molecule has 12 nitrogen and oxygen atoms in total. The van der Waals surface area contributed by atoms with Gasteiger partial charge in [0.1, 0.15) is 17.5 Å². The smallest absolute Gasteiger partial charge is 0.276 e. The standard InChI is InChI=1S/C25H26ClFN10O2/c1-13(38)31-21-8-14(26)9-22(35-21)33-19-10-23(32-16-4-2-15(28)3-5-16)36-37-20(12-30-24(19)37)25(39)34-18-6-7-29-11-17(18)27/h6-12,15-16H,2-5,28H2,1H3,(H,32,36)(H,29,34,39)(H2,31,33,35,38). The van der Waals surface area contributed by atoms with Crippen LogP contribution in [0, 0.1) is 5.82 Å². The van der Waals surface area contributed by atoms with Gasteiger partial charge in [0.25, 0.3) is 5.91 Å². The van der Waals surface area contributed by atoms with Gasteiger partial charge in [-0.2, -0.15) is 0 Å². The molecule has 6 N–H and O–H groups in total. The molecule has 0 atom stereocenters. The lowest BCUT2D eigenvalue weighted by atomic mass is 9.92. The second kappa shape index (κ2) is 11.2. The first-order valence-electron chi connectivity index (χ1n) is 12.3. The number of fused-ring (bicyclic) bond motifs is 1. The van der Waals surface area contributed by atoms with E-state index in [-0.39, 0.29) is 35.2 Å². The Labute approximate surface area is 227 Å². The number of carbonyl (C=O) groups excluding carboxylic acids is 2. The van der Waals surface area contributed by atoms with Crippen LogP contribution < -0.4 is 27.0 Å². The third-order valence-electron chi connectivity index (χ3n) is 6.20. The Morgan fingerprint density at radius 2 is 1.82 bits per heavy atom. The quantitative estimate of drug-likeness (QED) is 0.228.